The van der Waals surface area contributed by atoms with Crippen LogP contribution in [0.4, 0.5) is 0 Å². The molecule has 1 aromatic carbocycles. The maximum absolute atomic E-state index is 12.5. The number of carbonyl (C=O) groups is 1. The molecular weight excluding hydrogens is 471 g/mol. The fourth-order valence-corrected chi connectivity index (χ4v) is 3.50. The van der Waals surface area contributed by atoms with E-state index in [9.17, 15) is 4.79 Å². The van der Waals surface area contributed by atoms with E-state index < -0.39 is 0 Å². The summed E-state index contributed by atoms with van der Waals surface area (Å²) >= 11 is 1.79. The Morgan fingerprint density at radius 1 is 1.22 bits per heavy atom. The Bertz CT molecular complexity index is 562. The van der Waals surface area contributed by atoms with Crippen molar-refractivity contribution in [3.05, 3.63) is 35.9 Å². The van der Waals surface area contributed by atoms with Crippen LogP contribution in [0.1, 0.15) is 25.3 Å². The summed E-state index contributed by atoms with van der Waals surface area (Å²) in [5, 5.41) is 6.45. The molecule has 1 amide bonds. The van der Waals surface area contributed by atoms with E-state index in [1.165, 1.54) is 5.56 Å². The van der Waals surface area contributed by atoms with Gasteiger partial charge in [-0.2, -0.15) is 11.8 Å². The summed E-state index contributed by atoms with van der Waals surface area (Å²) in [5.41, 5.74) is 1.40. The van der Waals surface area contributed by atoms with Crippen molar-refractivity contribution in [3.8, 4) is 0 Å². The lowest BCUT2D eigenvalue weighted by Gasteiger charge is -2.31. The molecule has 27 heavy (non-hydrogen) atoms. The van der Waals surface area contributed by atoms with E-state index in [4.69, 9.17) is 0 Å². The van der Waals surface area contributed by atoms with Crippen LogP contribution in [0.25, 0.3) is 0 Å². The molecule has 152 valence electrons. The van der Waals surface area contributed by atoms with Crippen LogP contribution in [0, 0.1) is 5.92 Å². The van der Waals surface area contributed by atoms with E-state index in [0.717, 1.165) is 57.2 Å². The second-order valence-corrected chi connectivity index (χ2v) is 7.61. The Balaban J connectivity index is 0.00000364. The number of likely N-dealkylation sites (tertiary alicyclic amines) is 1. The first-order valence-electron chi connectivity index (χ1n) is 9.55. The van der Waals surface area contributed by atoms with Gasteiger partial charge in [0.25, 0.3) is 0 Å². The smallest absolute Gasteiger partial charge is 0.244 e. The highest BCUT2D eigenvalue weighted by Crippen LogP contribution is 2.21. The molecule has 0 spiro atoms. The number of hydrogen-bond donors (Lipinski definition) is 2. The monoisotopic (exact) mass is 504 g/mol. The fraction of sp³-hybridized carbons (Fsp3) is 0.600. The average molecular weight is 504 g/mol. The van der Waals surface area contributed by atoms with Crippen molar-refractivity contribution in [3.63, 3.8) is 0 Å². The van der Waals surface area contributed by atoms with E-state index >= 15 is 0 Å². The summed E-state index contributed by atoms with van der Waals surface area (Å²) in [5.74, 6) is 2.56. The third-order valence-electron chi connectivity index (χ3n) is 4.65. The zero-order valence-corrected chi connectivity index (χ0v) is 19.6. The second kappa shape index (κ2) is 14.1. The number of amides is 1. The summed E-state index contributed by atoms with van der Waals surface area (Å²) < 4.78 is 0. The molecule has 0 atom stereocenters. The highest BCUT2D eigenvalue weighted by molar-refractivity contribution is 14.0. The zero-order valence-electron chi connectivity index (χ0n) is 16.4. The maximum atomic E-state index is 12.5. The number of piperidine rings is 1. The van der Waals surface area contributed by atoms with Crippen molar-refractivity contribution < 1.29 is 4.79 Å². The van der Waals surface area contributed by atoms with Crippen molar-refractivity contribution in [1.82, 2.24) is 15.5 Å². The molecule has 0 saturated carbocycles. The van der Waals surface area contributed by atoms with Gasteiger partial charge in [-0.1, -0.05) is 30.3 Å². The standard InChI is InChI=1S/C20H32N4OS.HI/c1-3-21-20(22-11-14-26-2)23-16-19(25)24-12-9-18(10-13-24)15-17-7-5-4-6-8-17;/h4-8,18H,3,9-16H2,1-2H3,(H2,21,22,23);1H. The molecule has 2 N–H and O–H groups in total. The lowest BCUT2D eigenvalue weighted by atomic mass is 9.90. The van der Waals surface area contributed by atoms with Crippen LogP contribution in [0.2, 0.25) is 0 Å². The summed E-state index contributed by atoms with van der Waals surface area (Å²) in [6.45, 7) is 5.60. The fourth-order valence-electron chi connectivity index (χ4n) is 3.19. The predicted molar refractivity (Wildman–Crippen MR) is 127 cm³/mol. The van der Waals surface area contributed by atoms with Gasteiger partial charge in [-0.3, -0.25) is 4.79 Å². The van der Waals surface area contributed by atoms with Crippen LogP contribution in [0.3, 0.4) is 0 Å². The number of thioether (sulfide) groups is 1. The lowest BCUT2D eigenvalue weighted by molar-refractivity contribution is -0.130. The molecule has 2 rings (SSSR count). The third-order valence-corrected chi connectivity index (χ3v) is 5.26. The van der Waals surface area contributed by atoms with Crippen LogP contribution >= 0.6 is 35.7 Å². The number of aliphatic imine (C=N–C) groups is 1. The normalized spacial score (nSPS) is 15.2. The zero-order chi connectivity index (χ0) is 18.6. The van der Waals surface area contributed by atoms with Gasteiger partial charge in [0.05, 0.1) is 0 Å². The molecule has 0 aliphatic carbocycles. The summed E-state index contributed by atoms with van der Waals surface area (Å²) in [6.07, 6.45) is 5.36. The molecule has 5 nitrogen and oxygen atoms in total. The number of carbonyl (C=O) groups excluding carboxylic acids is 1. The molecule has 0 aromatic heterocycles. The van der Waals surface area contributed by atoms with Crippen molar-refractivity contribution in [2.24, 2.45) is 10.9 Å². The predicted octanol–water partition coefficient (Wildman–Crippen LogP) is 3.00. The van der Waals surface area contributed by atoms with Gasteiger partial charge in [-0.05, 0) is 43.9 Å². The Kier molecular flexibility index (Phi) is 12.6. The van der Waals surface area contributed by atoms with E-state index in [-0.39, 0.29) is 36.4 Å². The van der Waals surface area contributed by atoms with Crippen LogP contribution in [0.15, 0.2) is 35.3 Å². The van der Waals surface area contributed by atoms with Gasteiger partial charge in [-0.15, -0.1) is 24.0 Å². The first kappa shape index (κ1) is 24.1. The summed E-state index contributed by atoms with van der Waals surface area (Å²) in [6, 6.07) is 10.6. The Morgan fingerprint density at radius 3 is 2.56 bits per heavy atom. The van der Waals surface area contributed by atoms with Crippen LogP contribution < -0.4 is 10.6 Å². The molecule has 1 aromatic rings. The number of rotatable bonds is 8. The number of hydrogen-bond acceptors (Lipinski definition) is 3. The van der Waals surface area contributed by atoms with Gasteiger partial charge < -0.3 is 15.5 Å². The Labute approximate surface area is 185 Å². The highest BCUT2D eigenvalue weighted by atomic mass is 127. The molecule has 0 bridgehead atoms. The Morgan fingerprint density at radius 2 is 1.93 bits per heavy atom. The van der Waals surface area contributed by atoms with E-state index in [0.29, 0.717) is 5.92 Å². The topological polar surface area (TPSA) is 56.7 Å². The van der Waals surface area contributed by atoms with Gasteiger partial charge in [0.2, 0.25) is 5.91 Å². The Hall–Kier alpha value is -0.960. The third kappa shape index (κ3) is 9.19. The molecule has 1 aliphatic heterocycles. The van der Waals surface area contributed by atoms with Gasteiger partial charge in [0, 0.05) is 31.9 Å². The first-order chi connectivity index (χ1) is 12.7. The quantitative estimate of drug-likeness (QED) is 0.248. The average Bonchev–Trinajstić information content (AvgIpc) is 2.67. The second-order valence-electron chi connectivity index (χ2n) is 6.63. The molecule has 1 saturated heterocycles. The van der Waals surface area contributed by atoms with Crippen molar-refractivity contribution in [2.75, 3.05) is 44.7 Å². The van der Waals surface area contributed by atoms with Crippen molar-refractivity contribution >= 4 is 47.6 Å². The van der Waals surface area contributed by atoms with Gasteiger partial charge in [-0.25, -0.2) is 4.99 Å². The molecule has 1 fully saturated rings. The number of halogens is 1. The molecule has 7 heteroatoms. The number of nitrogens with zero attached hydrogens (tertiary/aromatic N) is 2. The van der Waals surface area contributed by atoms with Gasteiger partial charge in [0.15, 0.2) is 5.96 Å². The van der Waals surface area contributed by atoms with E-state index in [2.05, 4.69) is 52.2 Å². The summed E-state index contributed by atoms with van der Waals surface area (Å²) in [4.78, 5) is 18.9. The van der Waals surface area contributed by atoms with E-state index in [1.807, 2.05) is 11.8 Å². The van der Waals surface area contributed by atoms with Gasteiger partial charge in [0.1, 0.15) is 6.54 Å². The van der Waals surface area contributed by atoms with Gasteiger partial charge >= 0.3 is 0 Å². The lowest BCUT2D eigenvalue weighted by Crippen LogP contribution is -2.42. The molecule has 1 aliphatic rings. The SMILES string of the molecule is CCNC(=NCC(=O)N1CCC(Cc2ccccc2)CC1)NCCSC.I. The maximum Gasteiger partial charge on any atom is 0.244 e. The number of nitrogens with one attached hydrogen (secondary N) is 2. The van der Waals surface area contributed by atoms with Crippen molar-refractivity contribution in [2.45, 2.75) is 26.2 Å². The summed E-state index contributed by atoms with van der Waals surface area (Å²) in [7, 11) is 0. The highest BCUT2D eigenvalue weighted by Gasteiger charge is 2.22. The van der Waals surface area contributed by atoms with Crippen LogP contribution in [-0.4, -0.2) is 61.5 Å². The number of guanidine groups is 1. The minimum atomic E-state index is 0. The largest absolute Gasteiger partial charge is 0.357 e. The van der Waals surface area contributed by atoms with Crippen LogP contribution in [0.5, 0.6) is 0 Å². The van der Waals surface area contributed by atoms with Crippen LogP contribution in [-0.2, 0) is 11.2 Å². The minimum Gasteiger partial charge on any atom is -0.357 e. The van der Waals surface area contributed by atoms with E-state index in [1.54, 1.807) is 11.8 Å². The molecule has 0 radical (unpaired) electrons. The molecular formula is C20H33IN4OS. The first-order valence-corrected chi connectivity index (χ1v) is 10.9. The minimum absolute atomic E-state index is 0. The van der Waals surface area contributed by atoms with Crippen molar-refractivity contribution in [1.29, 1.82) is 0 Å². The molecule has 1 heterocycles. The number of benzene rings is 1. The molecule has 0 unspecified atom stereocenters.